The minimum absolute atomic E-state index is 0.110. The van der Waals surface area contributed by atoms with Crippen molar-refractivity contribution in [1.82, 2.24) is 4.37 Å². The summed E-state index contributed by atoms with van der Waals surface area (Å²) >= 11 is 1.11. The summed E-state index contributed by atoms with van der Waals surface area (Å²) in [5, 5.41) is 3.44. The highest BCUT2D eigenvalue weighted by molar-refractivity contribution is 7.92. The second-order valence-corrected chi connectivity index (χ2v) is 8.19. The molecule has 1 aromatic heterocycles. The third kappa shape index (κ3) is 2.75. The Balaban J connectivity index is 1.86. The van der Waals surface area contributed by atoms with E-state index in [4.69, 9.17) is 5.73 Å². The maximum absolute atomic E-state index is 12.4. The van der Waals surface area contributed by atoms with E-state index in [1.54, 1.807) is 0 Å². The highest BCUT2D eigenvalue weighted by Gasteiger charge is 2.40. The van der Waals surface area contributed by atoms with Gasteiger partial charge in [-0.2, -0.15) is 4.37 Å². The molecule has 3 N–H and O–H groups in total. The summed E-state index contributed by atoms with van der Waals surface area (Å²) in [5.41, 5.74) is 8.06. The third-order valence-electron chi connectivity index (χ3n) is 3.62. The zero-order valence-electron chi connectivity index (χ0n) is 11.7. The van der Waals surface area contributed by atoms with Crippen LogP contribution >= 0.6 is 11.5 Å². The smallest absolute Gasteiger partial charge is 0.187 e. The van der Waals surface area contributed by atoms with Crippen molar-refractivity contribution < 1.29 is 8.42 Å². The standard InChI is InChI=1S/C14H17N3O2S2/c1-9-4-2-3-5-10(9)8-16-14-12(13(15)17-20-14)21(18,19)11-6-7-11/h2-5,11,16H,6-8H2,1H3,(H2,15,17). The van der Waals surface area contributed by atoms with Crippen molar-refractivity contribution in [3.63, 3.8) is 0 Å². The second-order valence-electron chi connectivity index (χ2n) is 5.25. The summed E-state index contributed by atoms with van der Waals surface area (Å²) < 4.78 is 28.8. The molecule has 0 spiro atoms. The molecule has 0 amide bonds. The Morgan fingerprint density at radius 2 is 2.10 bits per heavy atom. The fourth-order valence-electron chi connectivity index (χ4n) is 2.21. The van der Waals surface area contributed by atoms with Gasteiger partial charge in [0, 0.05) is 6.54 Å². The van der Waals surface area contributed by atoms with Gasteiger partial charge in [0.05, 0.1) is 5.25 Å². The minimum Gasteiger partial charge on any atom is -0.382 e. The molecule has 1 fully saturated rings. The zero-order chi connectivity index (χ0) is 15.0. The molecule has 3 rings (SSSR count). The number of nitrogens with two attached hydrogens (primary N) is 1. The van der Waals surface area contributed by atoms with E-state index in [1.165, 1.54) is 0 Å². The van der Waals surface area contributed by atoms with E-state index >= 15 is 0 Å². The van der Waals surface area contributed by atoms with Gasteiger partial charge in [-0.15, -0.1) is 0 Å². The molecule has 112 valence electrons. The molecule has 21 heavy (non-hydrogen) atoms. The maximum Gasteiger partial charge on any atom is 0.187 e. The van der Waals surface area contributed by atoms with Gasteiger partial charge in [0.1, 0.15) is 9.90 Å². The first-order valence-electron chi connectivity index (χ1n) is 6.77. The number of nitrogens with one attached hydrogen (secondary N) is 1. The van der Waals surface area contributed by atoms with Gasteiger partial charge < -0.3 is 11.1 Å². The quantitative estimate of drug-likeness (QED) is 0.883. The summed E-state index contributed by atoms with van der Waals surface area (Å²) in [6.07, 6.45) is 1.43. The van der Waals surface area contributed by atoms with Crippen LogP contribution in [0.1, 0.15) is 24.0 Å². The first-order valence-corrected chi connectivity index (χ1v) is 9.09. The molecule has 5 nitrogen and oxygen atoms in total. The average molecular weight is 323 g/mol. The maximum atomic E-state index is 12.4. The lowest BCUT2D eigenvalue weighted by atomic mass is 10.1. The molecule has 0 bridgehead atoms. The fourth-order valence-corrected chi connectivity index (χ4v) is 5.09. The first kappa shape index (κ1) is 14.3. The topological polar surface area (TPSA) is 85.1 Å². The molecule has 0 unspecified atom stereocenters. The van der Waals surface area contributed by atoms with Crippen molar-refractivity contribution in [2.24, 2.45) is 0 Å². The van der Waals surface area contributed by atoms with Gasteiger partial charge in [-0.3, -0.25) is 0 Å². The summed E-state index contributed by atoms with van der Waals surface area (Å²) in [6, 6.07) is 7.99. The molecule has 1 aliphatic rings. The molecule has 1 saturated carbocycles. The van der Waals surface area contributed by atoms with Crippen LogP contribution in [0.25, 0.3) is 0 Å². The molecule has 0 radical (unpaired) electrons. The Labute approximate surface area is 128 Å². The van der Waals surface area contributed by atoms with Gasteiger partial charge in [0.2, 0.25) is 0 Å². The highest BCUT2D eigenvalue weighted by atomic mass is 32.2. The van der Waals surface area contributed by atoms with E-state index in [1.807, 2.05) is 31.2 Å². The Morgan fingerprint density at radius 1 is 1.38 bits per heavy atom. The van der Waals surface area contributed by atoms with E-state index < -0.39 is 9.84 Å². The minimum atomic E-state index is -3.34. The van der Waals surface area contributed by atoms with E-state index in [0.717, 1.165) is 35.5 Å². The number of nitrogen functional groups attached to an aromatic ring is 1. The zero-order valence-corrected chi connectivity index (χ0v) is 13.3. The number of aryl methyl sites for hydroxylation is 1. The Bertz CT molecular complexity index is 764. The van der Waals surface area contributed by atoms with Crippen molar-refractivity contribution in [2.45, 2.75) is 36.5 Å². The summed E-state index contributed by atoms with van der Waals surface area (Å²) in [6.45, 7) is 2.58. The van der Waals surface area contributed by atoms with Gasteiger partial charge in [-0.05, 0) is 42.4 Å². The Hall–Kier alpha value is -1.60. The molecular weight excluding hydrogens is 306 g/mol. The summed E-state index contributed by atoms with van der Waals surface area (Å²) in [7, 11) is -3.34. The van der Waals surface area contributed by atoms with Crippen LogP contribution in [0.2, 0.25) is 0 Å². The summed E-state index contributed by atoms with van der Waals surface area (Å²) in [4.78, 5) is 0.184. The number of nitrogens with zero attached hydrogens (tertiary/aromatic N) is 1. The van der Waals surface area contributed by atoms with Crippen LogP contribution in [0.3, 0.4) is 0 Å². The van der Waals surface area contributed by atoms with E-state index in [9.17, 15) is 8.42 Å². The molecular formula is C14H17N3O2S2. The number of benzene rings is 1. The van der Waals surface area contributed by atoms with Crippen molar-refractivity contribution in [1.29, 1.82) is 0 Å². The van der Waals surface area contributed by atoms with Crippen LogP contribution < -0.4 is 11.1 Å². The molecule has 1 heterocycles. The number of hydrogen-bond acceptors (Lipinski definition) is 6. The Morgan fingerprint density at radius 3 is 2.76 bits per heavy atom. The van der Waals surface area contributed by atoms with Crippen molar-refractivity contribution in [3.8, 4) is 0 Å². The number of sulfone groups is 1. The van der Waals surface area contributed by atoms with Crippen molar-refractivity contribution >= 4 is 32.2 Å². The number of rotatable bonds is 5. The third-order valence-corrected chi connectivity index (χ3v) is 6.90. The van der Waals surface area contributed by atoms with Crippen LogP contribution in [0.15, 0.2) is 29.2 Å². The van der Waals surface area contributed by atoms with E-state index in [-0.39, 0.29) is 16.0 Å². The molecule has 1 aromatic carbocycles. The van der Waals surface area contributed by atoms with Gasteiger partial charge in [0.25, 0.3) is 0 Å². The van der Waals surface area contributed by atoms with Crippen LogP contribution in [0, 0.1) is 6.92 Å². The summed E-state index contributed by atoms with van der Waals surface area (Å²) in [5.74, 6) is 0.110. The van der Waals surface area contributed by atoms with Crippen LogP contribution in [-0.4, -0.2) is 18.0 Å². The fraction of sp³-hybridized carbons (Fsp3) is 0.357. The average Bonchev–Trinajstić information content (AvgIpc) is 3.23. The van der Waals surface area contributed by atoms with Crippen LogP contribution in [0.4, 0.5) is 10.8 Å². The van der Waals surface area contributed by atoms with Gasteiger partial charge in [-0.25, -0.2) is 8.42 Å². The lowest BCUT2D eigenvalue weighted by molar-refractivity contribution is 0.595. The monoisotopic (exact) mass is 323 g/mol. The van der Waals surface area contributed by atoms with Crippen LogP contribution in [-0.2, 0) is 16.4 Å². The molecule has 0 atom stereocenters. The number of aromatic nitrogens is 1. The predicted molar refractivity (Wildman–Crippen MR) is 85.2 cm³/mol. The number of hydrogen-bond donors (Lipinski definition) is 2. The predicted octanol–water partition coefficient (Wildman–Crippen LogP) is 2.58. The normalized spacial score (nSPS) is 15.1. The molecule has 0 saturated heterocycles. The van der Waals surface area contributed by atoms with E-state index in [0.29, 0.717) is 11.5 Å². The molecule has 1 aliphatic carbocycles. The highest BCUT2D eigenvalue weighted by Crippen LogP contribution is 2.41. The second kappa shape index (κ2) is 5.31. The number of anilines is 2. The lowest BCUT2D eigenvalue weighted by Crippen LogP contribution is -2.11. The Kier molecular flexibility index (Phi) is 3.62. The first-order chi connectivity index (χ1) is 10.00. The van der Waals surface area contributed by atoms with Gasteiger partial charge >= 0.3 is 0 Å². The molecule has 0 aliphatic heterocycles. The van der Waals surface area contributed by atoms with E-state index in [2.05, 4.69) is 9.69 Å². The van der Waals surface area contributed by atoms with Gasteiger partial charge in [-0.1, -0.05) is 24.3 Å². The SMILES string of the molecule is Cc1ccccc1CNc1snc(N)c1S(=O)(=O)C1CC1. The lowest BCUT2D eigenvalue weighted by Gasteiger charge is -2.09. The van der Waals surface area contributed by atoms with Gasteiger partial charge in [0.15, 0.2) is 15.7 Å². The molecule has 2 aromatic rings. The van der Waals surface area contributed by atoms with Crippen LogP contribution in [0.5, 0.6) is 0 Å². The molecule has 7 heteroatoms. The largest absolute Gasteiger partial charge is 0.382 e. The van der Waals surface area contributed by atoms with Crippen molar-refractivity contribution in [2.75, 3.05) is 11.1 Å². The van der Waals surface area contributed by atoms with Crippen molar-refractivity contribution in [3.05, 3.63) is 35.4 Å².